The summed E-state index contributed by atoms with van der Waals surface area (Å²) in [6, 6.07) is 7.90. The number of pyridine rings is 1. The highest BCUT2D eigenvalue weighted by atomic mass is 79.9. The van der Waals surface area contributed by atoms with Crippen molar-refractivity contribution in [3.8, 4) is 11.3 Å². The largest absolute Gasteiger partial charge is 0.364 e. The SMILES string of the molecule is Cc1ccc(CNc2cc(-c3c[nH]c(=O)c(Br)c3)[nH]n2)s1. The Morgan fingerprint density at radius 1 is 1.38 bits per heavy atom. The number of nitrogens with one attached hydrogen (secondary N) is 3. The minimum atomic E-state index is -0.148. The fraction of sp³-hybridized carbons (Fsp3) is 0.143. The first-order chi connectivity index (χ1) is 10.1. The van der Waals surface area contributed by atoms with E-state index in [9.17, 15) is 4.79 Å². The van der Waals surface area contributed by atoms with Gasteiger partial charge < -0.3 is 10.3 Å². The van der Waals surface area contributed by atoms with Crippen LogP contribution in [0.15, 0.2) is 39.7 Å². The summed E-state index contributed by atoms with van der Waals surface area (Å²) in [6.45, 7) is 2.84. The molecule has 3 aromatic heterocycles. The molecule has 7 heteroatoms. The molecular formula is C14H13BrN4OS. The zero-order chi connectivity index (χ0) is 14.8. The predicted molar refractivity (Wildman–Crippen MR) is 88.7 cm³/mol. The van der Waals surface area contributed by atoms with Gasteiger partial charge in [-0.3, -0.25) is 9.89 Å². The lowest BCUT2D eigenvalue weighted by Gasteiger charge is -1.99. The molecule has 0 spiro atoms. The maximum Gasteiger partial charge on any atom is 0.262 e. The second-order valence-electron chi connectivity index (χ2n) is 4.60. The first-order valence-corrected chi connectivity index (χ1v) is 7.96. The van der Waals surface area contributed by atoms with Crippen molar-refractivity contribution in [2.75, 3.05) is 5.32 Å². The van der Waals surface area contributed by atoms with Gasteiger partial charge >= 0.3 is 0 Å². The van der Waals surface area contributed by atoms with Crippen LogP contribution in [0.1, 0.15) is 9.75 Å². The topological polar surface area (TPSA) is 73.6 Å². The van der Waals surface area contributed by atoms with Gasteiger partial charge in [-0.15, -0.1) is 11.3 Å². The number of thiophene rings is 1. The Morgan fingerprint density at radius 3 is 2.95 bits per heavy atom. The summed E-state index contributed by atoms with van der Waals surface area (Å²) < 4.78 is 0.498. The maximum atomic E-state index is 11.3. The highest BCUT2D eigenvalue weighted by molar-refractivity contribution is 9.10. The van der Waals surface area contributed by atoms with Gasteiger partial charge in [0.2, 0.25) is 0 Å². The van der Waals surface area contributed by atoms with E-state index >= 15 is 0 Å². The quantitative estimate of drug-likeness (QED) is 0.663. The highest BCUT2D eigenvalue weighted by Crippen LogP contribution is 2.21. The first kappa shape index (κ1) is 14.1. The molecule has 3 rings (SSSR count). The van der Waals surface area contributed by atoms with Crippen molar-refractivity contribution in [1.29, 1.82) is 0 Å². The molecule has 108 valence electrons. The van der Waals surface area contributed by atoms with Crippen LogP contribution in [0.5, 0.6) is 0 Å². The van der Waals surface area contributed by atoms with Crippen LogP contribution in [0, 0.1) is 6.92 Å². The molecule has 0 saturated carbocycles. The molecule has 0 aliphatic rings. The lowest BCUT2D eigenvalue weighted by molar-refractivity contribution is 1.06. The number of rotatable bonds is 4. The van der Waals surface area contributed by atoms with E-state index in [1.807, 2.05) is 6.07 Å². The van der Waals surface area contributed by atoms with Gasteiger partial charge in [0.25, 0.3) is 5.56 Å². The van der Waals surface area contributed by atoms with Crippen molar-refractivity contribution in [3.05, 3.63) is 55.0 Å². The third-order valence-corrected chi connectivity index (χ3v) is 4.58. The molecule has 0 bridgehead atoms. The number of aryl methyl sites for hydroxylation is 1. The molecule has 0 fully saturated rings. The van der Waals surface area contributed by atoms with E-state index in [0.717, 1.165) is 23.6 Å². The molecule has 3 aromatic rings. The number of aromatic nitrogens is 3. The van der Waals surface area contributed by atoms with Gasteiger partial charge in [-0.1, -0.05) is 0 Å². The van der Waals surface area contributed by atoms with E-state index < -0.39 is 0 Å². The highest BCUT2D eigenvalue weighted by Gasteiger charge is 2.06. The van der Waals surface area contributed by atoms with Gasteiger partial charge in [-0.05, 0) is 41.1 Å². The van der Waals surface area contributed by atoms with Crippen LogP contribution in [0.2, 0.25) is 0 Å². The normalized spacial score (nSPS) is 10.8. The van der Waals surface area contributed by atoms with E-state index in [1.165, 1.54) is 9.75 Å². The fourth-order valence-electron chi connectivity index (χ4n) is 1.93. The van der Waals surface area contributed by atoms with Crippen LogP contribution in [-0.4, -0.2) is 15.2 Å². The van der Waals surface area contributed by atoms with Crippen LogP contribution < -0.4 is 10.9 Å². The van der Waals surface area contributed by atoms with E-state index in [4.69, 9.17) is 0 Å². The van der Waals surface area contributed by atoms with E-state index in [0.29, 0.717) is 4.47 Å². The molecule has 3 heterocycles. The predicted octanol–water partition coefficient (Wildman–Crippen LogP) is 3.51. The molecule has 0 aliphatic heterocycles. The average molecular weight is 365 g/mol. The number of nitrogens with zero attached hydrogens (tertiary/aromatic N) is 1. The molecule has 21 heavy (non-hydrogen) atoms. The number of aromatic amines is 2. The van der Waals surface area contributed by atoms with Crippen molar-refractivity contribution >= 4 is 33.1 Å². The molecule has 0 unspecified atom stereocenters. The van der Waals surface area contributed by atoms with Crippen molar-refractivity contribution in [2.45, 2.75) is 13.5 Å². The van der Waals surface area contributed by atoms with E-state index in [-0.39, 0.29) is 5.56 Å². The summed E-state index contributed by atoms with van der Waals surface area (Å²) in [7, 11) is 0. The number of H-pyrrole nitrogens is 2. The Kier molecular flexibility index (Phi) is 3.94. The fourth-order valence-corrected chi connectivity index (χ4v) is 3.12. The summed E-state index contributed by atoms with van der Waals surface area (Å²) in [6.07, 6.45) is 1.66. The van der Waals surface area contributed by atoms with Gasteiger partial charge in [0.1, 0.15) is 5.82 Å². The Balaban J connectivity index is 1.73. The molecule has 0 amide bonds. The molecule has 3 N–H and O–H groups in total. The van der Waals surface area contributed by atoms with Crippen molar-refractivity contribution < 1.29 is 0 Å². The van der Waals surface area contributed by atoms with E-state index in [2.05, 4.69) is 55.5 Å². The van der Waals surface area contributed by atoms with Crippen LogP contribution in [-0.2, 0) is 6.54 Å². The summed E-state index contributed by atoms with van der Waals surface area (Å²) in [5.41, 5.74) is 1.57. The monoisotopic (exact) mass is 364 g/mol. The molecule has 0 radical (unpaired) electrons. The van der Waals surface area contributed by atoms with Gasteiger partial charge in [0.15, 0.2) is 0 Å². The number of hydrogen-bond acceptors (Lipinski definition) is 4. The van der Waals surface area contributed by atoms with Crippen LogP contribution >= 0.6 is 27.3 Å². The van der Waals surface area contributed by atoms with Crippen LogP contribution in [0.3, 0.4) is 0 Å². The number of hydrogen-bond donors (Lipinski definition) is 3. The lowest BCUT2D eigenvalue weighted by Crippen LogP contribution is -2.05. The van der Waals surface area contributed by atoms with Crippen molar-refractivity contribution in [2.24, 2.45) is 0 Å². The maximum absolute atomic E-state index is 11.3. The number of anilines is 1. The van der Waals surface area contributed by atoms with Gasteiger partial charge in [0.05, 0.1) is 16.7 Å². The third-order valence-electron chi connectivity index (χ3n) is 2.99. The molecule has 5 nitrogen and oxygen atoms in total. The van der Waals surface area contributed by atoms with Crippen molar-refractivity contribution in [3.63, 3.8) is 0 Å². The van der Waals surface area contributed by atoms with Gasteiger partial charge in [0, 0.05) is 27.6 Å². The van der Waals surface area contributed by atoms with Gasteiger partial charge in [-0.25, -0.2) is 0 Å². The standard InChI is InChI=1S/C14H13BrN4OS/c1-8-2-3-10(21-8)7-16-13-5-12(18-19-13)9-4-11(15)14(20)17-6-9/h2-6H,7H2,1H3,(H,17,20)(H2,16,18,19). The Morgan fingerprint density at radius 2 is 2.24 bits per heavy atom. The van der Waals surface area contributed by atoms with Crippen molar-refractivity contribution in [1.82, 2.24) is 15.2 Å². The Hall–Kier alpha value is -1.86. The first-order valence-electron chi connectivity index (χ1n) is 6.35. The summed E-state index contributed by atoms with van der Waals surface area (Å²) in [5.74, 6) is 0.776. The minimum absolute atomic E-state index is 0.148. The van der Waals surface area contributed by atoms with Crippen LogP contribution in [0.4, 0.5) is 5.82 Å². The van der Waals surface area contributed by atoms with E-state index in [1.54, 1.807) is 23.6 Å². The molecular weight excluding hydrogens is 352 g/mol. The summed E-state index contributed by atoms with van der Waals surface area (Å²) in [5, 5.41) is 10.5. The van der Waals surface area contributed by atoms with Gasteiger partial charge in [-0.2, -0.15) is 5.10 Å². The second-order valence-corrected chi connectivity index (χ2v) is 6.82. The number of halogens is 1. The molecule has 0 atom stereocenters. The molecule has 0 aromatic carbocycles. The average Bonchev–Trinajstić information content (AvgIpc) is 3.08. The summed E-state index contributed by atoms with van der Waals surface area (Å²) >= 11 is 4.99. The third kappa shape index (κ3) is 3.25. The zero-order valence-electron chi connectivity index (χ0n) is 11.2. The summed E-state index contributed by atoms with van der Waals surface area (Å²) in [4.78, 5) is 16.6. The zero-order valence-corrected chi connectivity index (χ0v) is 13.6. The Labute approximate surface area is 133 Å². The molecule has 0 aliphatic carbocycles. The lowest BCUT2D eigenvalue weighted by atomic mass is 10.2. The second kappa shape index (κ2) is 5.87. The smallest absolute Gasteiger partial charge is 0.262 e. The Bertz CT molecular complexity index is 820. The van der Waals surface area contributed by atoms with Crippen LogP contribution in [0.25, 0.3) is 11.3 Å². The minimum Gasteiger partial charge on any atom is -0.364 e. The molecule has 0 saturated heterocycles.